The summed E-state index contributed by atoms with van der Waals surface area (Å²) in [6.45, 7) is 3.86. The van der Waals surface area contributed by atoms with Crippen molar-refractivity contribution in [3.8, 4) is 0 Å². The van der Waals surface area contributed by atoms with Crippen LogP contribution in [0.4, 0.5) is 0 Å². The second kappa shape index (κ2) is 4.17. The standard InChI is InChI=1S/C9H17NOS/c1-6(5-8-3-4-8)10-9(11)7(2)12/h6-8,12H,3-5H2,1-2H3,(H,10,11). The molecule has 1 fully saturated rings. The van der Waals surface area contributed by atoms with E-state index in [0.717, 1.165) is 12.3 Å². The molecule has 0 spiro atoms. The van der Waals surface area contributed by atoms with E-state index in [-0.39, 0.29) is 11.2 Å². The van der Waals surface area contributed by atoms with E-state index in [4.69, 9.17) is 0 Å². The maximum absolute atomic E-state index is 11.2. The summed E-state index contributed by atoms with van der Waals surface area (Å²) < 4.78 is 0. The lowest BCUT2D eigenvalue weighted by atomic mass is 10.1. The zero-order chi connectivity index (χ0) is 9.14. The van der Waals surface area contributed by atoms with Crippen molar-refractivity contribution in [3.63, 3.8) is 0 Å². The van der Waals surface area contributed by atoms with Crippen LogP contribution in [-0.4, -0.2) is 17.2 Å². The summed E-state index contributed by atoms with van der Waals surface area (Å²) in [4.78, 5) is 11.2. The molecular weight excluding hydrogens is 170 g/mol. The highest BCUT2D eigenvalue weighted by Crippen LogP contribution is 2.33. The normalized spacial score (nSPS) is 21.6. The minimum atomic E-state index is -0.188. The Balaban J connectivity index is 2.15. The van der Waals surface area contributed by atoms with Gasteiger partial charge in [-0.3, -0.25) is 4.79 Å². The monoisotopic (exact) mass is 187 g/mol. The summed E-state index contributed by atoms with van der Waals surface area (Å²) in [7, 11) is 0. The van der Waals surface area contributed by atoms with Gasteiger partial charge in [-0.15, -0.1) is 0 Å². The number of carbonyl (C=O) groups excluding carboxylic acids is 1. The molecule has 2 nitrogen and oxygen atoms in total. The molecule has 2 atom stereocenters. The van der Waals surface area contributed by atoms with E-state index in [0.29, 0.717) is 6.04 Å². The second-order valence-corrected chi connectivity index (χ2v) is 4.54. The molecule has 70 valence electrons. The highest BCUT2D eigenvalue weighted by atomic mass is 32.1. The molecule has 0 heterocycles. The van der Waals surface area contributed by atoms with Crippen LogP contribution in [0.3, 0.4) is 0 Å². The van der Waals surface area contributed by atoms with Crippen LogP contribution in [0, 0.1) is 5.92 Å². The number of carbonyl (C=O) groups is 1. The van der Waals surface area contributed by atoms with Crippen molar-refractivity contribution in [1.82, 2.24) is 5.32 Å². The van der Waals surface area contributed by atoms with Crippen LogP contribution in [0.5, 0.6) is 0 Å². The van der Waals surface area contributed by atoms with Crippen molar-refractivity contribution in [2.24, 2.45) is 5.92 Å². The van der Waals surface area contributed by atoms with Gasteiger partial charge in [0.05, 0.1) is 5.25 Å². The third-order valence-electron chi connectivity index (χ3n) is 2.15. The van der Waals surface area contributed by atoms with Crippen molar-refractivity contribution in [1.29, 1.82) is 0 Å². The lowest BCUT2D eigenvalue weighted by Crippen LogP contribution is -2.37. The topological polar surface area (TPSA) is 29.1 Å². The Labute approximate surface area is 79.5 Å². The first kappa shape index (κ1) is 9.90. The molecule has 1 saturated carbocycles. The quantitative estimate of drug-likeness (QED) is 0.643. The molecule has 0 radical (unpaired) electrons. The third kappa shape index (κ3) is 3.48. The highest BCUT2D eigenvalue weighted by molar-refractivity contribution is 7.81. The number of amides is 1. The zero-order valence-electron chi connectivity index (χ0n) is 7.71. The van der Waals surface area contributed by atoms with Crippen LogP contribution in [-0.2, 0) is 4.79 Å². The molecule has 0 saturated heterocycles. The Bertz CT molecular complexity index is 166. The van der Waals surface area contributed by atoms with E-state index in [1.54, 1.807) is 6.92 Å². The van der Waals surface area contributed by atoms with E-state index < -0.39 is 0 Å². The third-order valence-corrected chi connectivity index (χ3v) is 2.39. The van der Waals surface area contributed by atoms with Crippen molar-refractivity contribution in [3.05, 3.63) is 0 Å². The second-order valence-electron chi connectivity index (χ2n) is 3.76. The average Bonchev–Trinajstić information content (AvgIpc) is 2.71. The number of nitrogens with one attached hydrogen (secondary N) is 1. The van der Waals surface area contributed by atoms with Gasteiger partial charge < -0.3 is 5.32 Å². The Kier molecular flexibility index (Phi) is 3.44. The summed E-state index contributed by atoms with van der Waals surface area (Å²) in [6.07, 6.45) is 3.82. The van der Waals surface area contributed by atoms with Gasteiger partial charge in [0.25, 0.3) is 0 Å². The molecule has 0 aromatic heterocycles. The number of hydrogen-bond acceptors (Lipinski definition) is 2. The van der Waals surface area contributed by atoms with E-state index in [1.165, 1.54) is 12.8 Å². The molecule has 1 rings (SSSR count). The number of thiol groups is 1. The van der Waals surface area contributed by atoms with Gasteiger partial charge in [0, 0.05) is 6.04 Å². The minimum absolute atomic E-state index is 0.0477. The van der Waals surface area contributed by atoms with Gasteiger partial charge in [-0.25, -0.2) is 0 Å². The predicted octanol–water partition coefficient (Wildman–Crippen LogP) is 1.61. The molecular formula is C9H17NOS. The predicted molar refractivity (Wildman–Crippen MR) is 53.4 cm³/mol. The number of hydrogen-bond donors (Lipinski definition) is 2. The van der Waals surface area contributed by atoms with Crippen LogP contribution in [0.15, 0.2) is 0 Å². The molecule has 0 aliphatic heterocycles. The van der Waals surface area contributed by atoms with E-state index >= 15 is 0 Å². The molecule has 1 aliphatic carbocycles. The first-order valence-corrected chi connectivity index (χ1v) is 5.09. The fraction of sp³-hybridized carbons (Fsp3) is 0.889. The van der Waals surface area contributed by atoms with Gasteiger partial charge in [0.15, 0.2) is 0 Å². The fourth-order valence-corrected chi connectivity index (χ4v) is 1.35. The van der Waals surface area contributed by atoms with Crippen LogP contribution in [0.25, 0.3) is 0 Å². The van der Waals surface area contributed by atoms with Crippen LogP contribution >= 0.6 is 12.6 Å². The Morgan fingerprint density at radius 3 is 2.58 bits per heavy atom. The van der Waals surface area contributed by atoms with Gasteiger partial charge in [0.2, 0.25) is 5.91 Å². The Morgan fingerprint density at radius 2 is 2.17 bits per heavy atom. The SMILES string of the molecule is CC(CC1CC1)NC(=O)C(C)S. The summed E-state index contributed by atoms with van der Waals surface area (Å²) in [5.41, 5.74) is 0. The van der Waals surface area contributed by atoms with Gasteiger partial charge in [-0.2, -0.15) is 12.6 Å². The van der Waals surface area contributed by atoms with Gasteiger partial charge in [0.1, 0.15) is 0 Å². The van der Waals surface area contributed by atoms with Gasteiger partial charge in [-0.1, -0.05) is 12.8 Å². The molecule has 0 bridgehead atoms. The number of rotatable bonds is 4. The summed E-state index contributed by atoms with van der Waals surface area (Å²) in [5, 5.41) is 2.75. The first-order chi connectivity index (χ1) is 5.59. The highest BCUT2D eigenvalue weighted by Gasteiger charge is 2.24. The molecule has 0 aromatic carbocycles. The van der Waals surface area contributed by atoms with Crippen molar-refractivity contribution >= 4 is 18.5 Å². The van der Waals surface area contributed by atoms with Crippen molar-refractivity contribution in [2.75, 3.05) is 0 Å². The molecule has 12 heavy (non-hydrogen) atoms. The lowest BCUT2D eigenvalue weighted by Gasteiger charge is -2.14. The van der Waals surface area contributed by atoms with E-state index in [9.17, 15) is 4.79 Å². The van der Waals surface area contributed by atoms with Crippen molar-refractivity contribution < 1.29 is 4.79 Å². The largest absolute Gasteiger partial charge is 0.353 e. The van der Waals surface area contributed by atoms with E-state index in [2.05, 4.69) is 24.9 Å². The molecule has 1 amide bonds. The fourth-order valence-electron chi connectivity index (χ4n) is 1.28. The van der Waals surface area contributed by atoms with E-state index in [1.807, 2.05) is 0 Å². The summed E-state index contributed by atoms with van der Waals surface area (Å²) >= 11 is 4.06. The van der Waals surface area contributed by atoms with Crippen molar-refractivity contribution in [2.45, 2.75) is 44.4 Å². The average molecular weight is 187 g/mol. The molecule has 1 aliphatic rings. The molecule has 1 N–H and O–H groups in total. The van der Waals surface area contributed by atoms with Crippen LogP contribution < -0.4 is 5.32 Å². The molecule has 2 unspecified atom stereocenters. The zero-order valence-corrected chi connectivity index (χ0v) is 8.60. The van der Waals surface area contributed by atoms with Gasteiger partial charge >= 0.3 is 0 Å². The lowest BCUT2D eigenvalue weighted by molar-refractivity contribution is -0.120. The molecule has 0 aromatic rings. The maximum atomic E-state index is 11.2. The minimum Gasteiger partial charge on any atom is -0.353 e. The first-order valence-electron chi connectivity index (χ1n) is 4.58. The van der Waals surface area contributed by atoms with Crippen LogP contribution in [0.2, 0.25) is 0 Å². The maximum Gasteiger partial charge on any atom is 0.232 e. The van der Waals surface area contributed by atoms with Crippen LogP contribution in [0.1, 0.15) is 33.1 Å². The molecule has 3 heteroatoms. The Morgan fingerprint density at radius 1 is 1.58 bits per heavy atom. The smallest absolute Gasteiger partial charge is 0.232 e. The summed E-state index contributed by atoms with van der Waals surface area (Å²) in [5.74, 6) is 0.919. The van der Waals surface area contributed by atoms with Gasteiger partial charge in [-0.05, 0) is 26.2 Å². The Hall–Kier alpha value is -0.180. The summed E-state index contributed by atoms with van der Waals surface area (Å²) in [6, 6.07) is 0.319.